The molecule has 2 N–H and O–H groups in total. The van der Waals surface area contributed by atoms with Crippen LogP contribution in [0.5, 0.6) is 5.75 Å². The van der Waals surface area contributed by atoms with E-state index in [0.29, 0.717) is 0 Å². The molecule has 0 bridgehead atoms. The zero-order valence-electron chi connectivity index (χ0n) is 15.0. The van der Waals surface area contributed by atoms with E-state index in [2.05, 4.69) is 60.5 Å². The Morgan fingerprint density at radius 2 is 2.13 bits per heavy atom. The van der Waals surface area contributed by atoms with Crippen LogP contribution in [0.15, 0.2) is 29.3 Å². The summed E-state index contributed by atoms with van der Waals surface area (Å²) in [4.78, 5) is 6.63. The molecule has 5 nitrogen and oxygen atoms in total. The Labute approximate surface area is 140 Å². The second kappa shape index (κ2) is 7.68. The van der Waals surface area contributed by atoms with E-state index < -0.39 is 0 Å². The number of rotatable bonds is 5. The van der Waals surface area contributed by atoms with Crippen molar-refractivity contribution in [2.45, 2.75) is 38.8 Å². The fourth-order valence-corrected chi connectivity index (χ4v) is 2.81. The number of nitrogens with one attached hydrogen (secondary N) is 2. The predicted octanol–water partition coefficient (Wildman–Crippen LogP) is 2.41. The molecule has 0 saturated carbocycles. The Morgan fingerprint density at radius 3 is 2.83 bits per heavy atom. The Morgan fingerprint density at radius 1 is 1.39 bits per heavy atom. The Kier molecular flexibility index (Phi) is 5.88. The number of nitrogens with zero attached hydrogens (tertiary/aromatic N) is 2. The van der Waals surface area contributed by atoms with Gasteiger partial charge in [0.1, 0.15) is 11.4 Å². The van der Waals surface area contributed by atoms with Crippen molar-refractivity contribution in [2.24, 2.45) is 4.99 Å². The van der Waals surface area contributed by atoms with Crippen molar-refractivity contribution >= 4 is 5.96 Å². The van der Waals surface area contributed by atoms with Gasteiger partial charge < -0.3 is 20.3 Å². The Bertz CT molecular complexity index is 542. The molecule has 1 heterocycles. The van der Waals surface area contributed by atoms with E-state index in [1.807, 2.05) is 19.2 Å². The molecule has 1 aliphatic rings. The molecule has 1 aromatic carbocycles. The van der Waals surface area contributed by atoms with Crippen molar-refractivity contribution < 1.29 is 4.74 Å². The lowest BCUT2D eigenvalue weighted by molar-refractivity contribution is 0.0694. The van der Waals surface area contributed by atoms with E-state index >= 15 is 0 Å². The van der Waals surface area contributed by atoms with Crippen LogP contribution in [0.3, 0.4) is 0 Å². The molecule has 0 radical (unpaired) electrons. The van der Waals surface area contributed by atoms with Crippen LogP contribution in [0.25, 0.3) is 0 Å². The van der Waals surface area contributed by atoms with Gasteiger partial charge in [-0.2, -0.15) is 0 Å². The van der Waals surface area contributed by atoms with Crippen molar-refractivity contribution in [1.29, 1.82) is 0 Å². The monoisotopic (exact) mass is 318 g/mol. The first-order valence-corrected chi connectivity index (χ1v) is 8.39. The highest BCUT2D eigenvalue weighted by Crippen LogP contribution is 2.39. The fourth-order valence-electron chi connectivity index (χ4n) is 2.81. The summed E-state index contributed by atoms with van der Waals surface area (Å²) in [6.45, 7) is 9.34. The summed E-state index contributed by atoms with van der Waals surface area (Å²) in [5, 5.41) is 6.95. The molecular formula is C18H30N4O. The van der Waals surface area contributed by atoms with Gasteiger partial charge in [-0.1, -0.05) is 25.1 Å². The van der Waals surface area contributed by atoms with Gasteiger partial charge in [-0.05, 0) is 33.5 Å². The molecule has 23 heavy (non-hydrogen) atoms. The lowest BCUT2D eigenvalue weighted by atomic mass is 9.90. The van der Waals surface area contributed by atoms with Crippen molar-refractivity contribution in [2.75, 3.05) is 33.7 Å². The molecule has 1 unspecified atom stereocenters. The van der Waals surface area contributed by atoms with E-state index in [9.17, 15) is 0 Å². The van der Waals surface area contributed by atoms with Gasteiger partial charge in [0.05, 0.1) is 6.04 Å². The fraction of sp³-hybridized carbons (Fsp3) is 0.611. The van der Waals surface area contributed by atoms with Gasteiger partial charge >= 0.3 is 0 Å². The summed E-state index contributed by atoms with van der Waals surface area (Å²) < 4.78 is 6.08. The van der Waals surface area contributed by atoms with Crippen LogP contribution < -0.4 is 15.4 Å². The number of hydrogen-bond acceptors (Lipinski definition) is 3. The van der Waals surface area contributed by atoms with Gasteiger partial charge in [-0.3, -0.25) is 4.99 Å². The first-order chi connectivity index (χ1) is 10.9. The second-order valence-corrected chi connectivity index (χ2v) is 6.70. The third-order valence-corrected chi connectivity index (χ3v) is 4.24. The maximum atomic E-state index is 6.08. The number of guanidine groups is 1. The van der Waals surface area contributed by atoms with Crippen molar-refractivity contribution in [3.63, 3.8) is 0 Å². The molecule has 1 atom stereocenters. The predicted molar refractivity (Wildman–Crippen MR) is 96.2 cm³/mol. The zero-order valence-corrected chi connectivity index (χ0v) is 15.0. The Hall–Kier alpha value is -1.75. The van der Waals surface area contributed by atoms with Gasteiger partial charge in [0, 0.05) is 32.1 Å². The maximum Gasteiger partial charge on any atom is 0.191 e. The highest BCUT2D eigenvalue weighted by molar-refractivity contribution is 5.80. The molecule has 0 aromatic heterocycles. The Balaban J connectivity index is 2.03. The number of ether oxygens (including phenoxy) is 1. The third-order valence-electron chi connectivity index (χ3n) is 4.24. The average Bonchev–Trinajstić information content (AvgIpc) is 2.52. The van der Waals surface area contributed by atoms with Gasteiger partial charge in [0.25, 0.3) is 0 Å². The standard InChI is InChI=1S/C18H30N4O/c1-6-22(5)12-11-20-17(19-4)21-15-13-18(2,3)23-16-10-8-7-9-14(15)16/h7-10,15H,6,11-13H2,1-5H3,(H2,19,20,21). The number of fused-ring (bicyclic) bond motifs is 1. The van der Waals surface area contributed by atoms with Gasteiger partial charge in [-0.25, -0.2) is 0 Å². The molecule has 0 amide bonds. The van der Waals surface area contributed by atoms with E-state index in [1.54, 1.807) is 0 Å². The van der Waals surface area contributed by atoms with E-state index in [4.69, 9.17) is 4.74 Å². The molecule has 0 aliphatic carbocycles. The summed E-state index contributed by atoms with van der Waals surface area (Å²) in [6.07, 6.45) is 0.902. The van der Waals surface area contributed by atoms with Gasteiger partial charge in [0.15, 0.2) is 5.96 Å². The van der Waals surface area contributed by atoms with Crippen LogP contribution in [0, 0.1) is 0 Å². The van der Waals surface area contributed by atoms with Crippen molar-refractivity contribution in [3.8, 4) is 5.75 Å². The molecule has 2 rings (SSSR count). The van der Waals surface area contributed by atoms with E-state index in [1.165, 1.54) is 5.56 Å². The topological polar surface area (TPSA) is 48.9 Å². The molecule has 0 fully saturated rings. The minimum absolute atomic E-state index is 0.187. The number of hydrogen-bond donors (Lipinski definition) is 2. The molecule has 128 valence electrons. The normalized spacial score (nSPS) is 19.9. The lowest BCUT2D eigenvalue weighted by Gasteiger charge is -2.38. The minimum Gasteiger partial charge on any atom is -0.487 e. The van der Waals surface area contributed by atoms with E-state index in [-0.39, 0.29) is 11.6 Å². The van der Waals surface area contributed by atoms with Crippen LogP contribution in [-0.4, -0.2) is 50.2 Å². The number of likely N-dealkylation sites (N-methyl/N-ethyl adjacent to an activating group) is 1. The third kappa shape index (κ3) is 4.86. The van der Waals surface area contributed by atoms with Crippen LogP contribution in [0.4, 0.5) is 0 Å². The van der Waals surface area contributed by atoms with Gasteiger partial charge in [0.2, 0.25) is 0 Å². The smallest absolute Gasteiger partial charge is 0.191 e. The summed E-state index contributed by atoms with van der Waals surface area (Å²) in [5.74, 6) is 1.80. The molecule has 1 aromatic rings. The van der Waals surface area contributed by atoms with Gasteiger partial charge in [-0.15, -0.1) is 0 Å². The summed E-state index contributed by atoms with van der Waals surface area (Å²) in [6, 6.07) is 8.44. The SMILES string of the molecule is CCN(C)CCNC(=NC)NC1CC(C)(C)Oc2ccccc21. The lowest BCUT2D eigenvalue weighted by Crippen LogP contribution is -2.46. The van der Waals surface area contributed by atoms with Crippen LogP contribution >= 0.6 is 0 Å². The average molecular weight is 318 g/mol. The summed E-state index contributed by atoms with van der Waals surface area (Å²) in [5.41, 5.74) is 1.01. The summed E-state index contributed by atoms with van der Waals surface area (Å²) >= 11 is 0. The second-order valence-electron chi connectivity index (χ2n) is 6.70. The number of benzene rings is 1. The first-order valence-electron chi connectivity index (χ1n) is 8.39. The zero-order chi connectivity index (χ0) is 16.9. The number of aliphatic imine (C=N–C) groups is 1. The molecule has 5 heteroatoms. The quantitative estimate of drug-likeness (QED) is 0.646. The molecular weight excluding hydrogens is 288 g/mol. The highest BCUT2D eigenvalue weighted by Gasteiger charge is 2.33. The largest absolute Gasteiger partial charge is 0.487 e. The van der Waals surface area contributed by atoms with E-state index in [0.717, 1.165) is 37.8 Å². The summed E-state index contributed by atoms with van der Waals surface area (Å²) in [7, 11) is 3.93. The maximum absolute atomic E-state index is 6.08. The number of para-hydroxylation sites is 1. The van der Waals surface area contributed by atoms with Crippen LogP contribution in [0.2, 0.25) is 0 Å². The molecule has 1 aliphatic heterocycles. The highest BCUT2D eigenvalue weighted by atomic mass is 16.5. The molecule has 0 saturated heterocycles. The van der Waals surface area contributed by atoms with Crippen molar-refractivity contribution in [1.82, 2.24) is 15.5 Å². The minimum atomic E-state index is -0.187. The first kappa shape index (κ1) is 17.6. The van der Waals surface area contributed by atoms with Crippen molar-refractivity contribution in [3.05, 3.63) is 29.8 Å². The van der Waals surface area contributed by atoms with Crippen LogP contribution in [-0.2, 0) is 0 Å². The van der Waals surface area contributed by atoms with Crippen LogP contribution in [0.1, 0.15) is 38.8 Å². The molecule has 0 spiro atoms.